The van der Waals surface area contributed by atoms with Crippen LogP contribution >= 0.6 is 0 Å². The van der Waals surface area contributed by atoms with Crippen molar-refractivity contribution in [2.24, 2.45) is 0 Å². The fourth-order valence-corrected chi connectivity index (χ4v) is 5.83. The summed E-state index contributed by atoms with van der Waals surface area (Å²) in [4.78, 5) is 17.8. The van der Waals surface area contributed by atoms with Gasteiger partial charge in [-0.2, -0.15) is 4.31 Å². The SMILES string of the molecule is CCOCCCn1c(NC(=O)c2ccc(OC)c(S(=O)(=O)N3CCCC3)c2)nc2ccccc21. The third kappa shape index (κ3) is 4.94. The van der Waals surface area contributed by atoms with E-state index in [2.05, 4.69) is 10.3 Å². The number of sulfonamides is 1. The van der Waals surface area contributed by atoms with E-state index >= 15 is 0 Å². The first-order valence-electron chi connectivity index (χ1n) is 11.5. The standard InChI is InChI=1S/C24H30N4O5S/c1-3-33-16-8-15-28-20-10-5-4-9-19(20)25-24(28)26-23(29)18-11-12-21(32-2)22(17-18)34(30,31)27-13-6-7-14-27/h4-5,9-12,17H,3,6-8,13-16H2,1-2H3,(H,25,26,29). The van der Waals surface area contributed by atoms with E-state index in [0.29, 0.717) is 38.8 Å². The molecule has 9 nitrogen and oxygen atoms in total. The summed E-state index contributed by atoms with van der Waals surface area (Å²) in [5.41, 5.74) is 1.88. The molecule has 1 saturated heterocycles. The van der Waals surface area contributed by atoms with E-state index in [0.717, 1.165) is 30.3 Å². The number of aryl methyl sites for hydroxylation is 1. The van der Waals surface area contributed by atoms with E-state index in [1.165, 1.54) is 23.5 Å². The number of carbonyl (C=O) groups excluding carboxylic acids is 1. The Morgan fingerprint density at radius 2 is 1.91 bits per heavy atom. The number of rotatable bonds is 10. The predicted octanol–water partition coefficient (Wildman–Crippen LogP) is 3.51. The first-order valence-corrected chi connectivity index (χ1v) is 12.9. The van der Waals surface area contributed by atoms with Crippen molar-refractivity contribution in [1.82, 2.24) is 13.9 Å². The van der Waals surface area contributed by atoms with E-state index in [1.54, 1.807) is 6.07 Å². The van der Waals surface area contributed by atoms with Gasteiger partial charge < -0.3 is 14.0 Å². The Bertz CT molecular complexity index is 1270. The molecule has 2 aromatic carbocycles. The number of fused-ring (bicyclic) bond motifs is 1. The van der Waals surface area contributed by atoms with Crippen LogP contribution in [0.5, 0.6) is 5.75 Å². The molecule has 1 fully saturated rings. The number of nitrogens with one attached hydrogen (secondary N) is 1. The lowest BCUT2D eigenvalue weighted by Crippen LogP contribution is -2.28. The highest BCUT2D eigenvalue weighted by atomic mass is 32.2. The van der Waals surface area contributed by atoms with Crippen molar-refractivity contribution in [1.29, 1.82) is 0 Å². The van der Waals surface area contributed by atoms with Crippen molar-refractivity contribution < 1.29 is 22.7 Å². The lowest BCUT2D eigenvalue weighted by molar-refractivity contribution is 0.102. The first kappa shape index (κ1) is 24.2. The van der Waals surface area contributed by atoms with E-state index in [1.807, 2.05) is 35.8 Å². The molecule has 1 N–H and O–H groups in total. The summed E-state index contributed by atoms with van der Waals surface area (Å²) in [6.07, 6.45) is 2.40. The molecule has 10 heteroatoms. The molecule has 0 bridgehead atoms. The fraction of sp³-hybridized carbons (Fsp3) is 0.417. The molecule has 0 spiro atoms. The molecular formula is C24H30N4O5S. The number of hydrogen-bond acceptors (Lipinski definition) is 6. The lowest BCUT2D eigenvalue weighted by Gasteiger charge is -2.18. The van der Waals surface area contributed by atoms with Gasteiger partial charge in [-0.3, -0.25) is 10.1 Å². The largest absolute Gasteiger partial charge is 0.495 e. The topological polar surface area (TPSA) is 103 Å². The van der Waals surface area contributed by atoms with Gasteiger partial charge in [-0.05, 0) is 56.5 Å². The molecule has 0 aliphatic carbocycles. The van der Waals surface area contributed by atoms with Crippen molar-refractivity contribution in [2.75, 3.05) is 38.7 Å². The summed E-state index contributed by atoms with van der Waals surface area (Å²) in [5, 5.41) is 2.87. The van der Waals surface area contributed by atoms with Crippen LogP contribution in [-0.4, -0.2) is 61.6 Å². The summed E-state index contributed by atoms with van der Waals surface area (Å²) in [7, 11) is -2.34. The number of benzene rings is 2. The van der Waals surface area contributed by atoms with Gasteiger partial charge >= 0.3 is 0 Å². The number of amides is 1. The third-order valence-corrected chi connectivity index (χ3v) is 7.78. The molecule has 1 amide bonds. The minimum Gasteiger partial charge on any atom is -0.495 e. The van der Waals surface area contributed by atoms with Crippen LogP contribution in [0.3, 0.4) is 0 Å². The molecular weight excluding hydrogens is 456 g/mol. The highest BCUT2D eigenvalue weighted by Crippen LogP contribution is 2.30. The van der Waals surface area contributed by atoms with Gasteiger partial charge in [0.05, 0.1) is 18.1 Å². The number of para-hydroxylation sites is 2. The monoisotopic (exact) mass is 486 g/mol. The second-order valence-electron chi connectivity index (χ2n) is 8.06. The number of nitrogens with zero attached hydrogens (tertiary/aromatic N) is 3. The van der Waals surface area contributed by atoms with Gasteiger partial charge in [0.25, 0.3) is 5.91 Å². The number of aromatic nitrogens is 2. The summed E-state index contributed by atoms with van der Waals surface area (Å²) >= 11 is 0. The Kier molecular flexibility index (Phi) is 7.50. The smallest absolute Gasteiger partial charge is 0.258 e. The lowest BCUT2D eigenvalue weighted by atomic mass is 10.2. The molecule has 0 radical (unpaired) electrons. The first-order chi connectivity index (χ1) is 16.5. The number of methoxy groups -OCH3 is 1. The maximum atomic E-state index is 13.2. The number of anilines is 1. The highest BCUT2D eigenvalue weighted by Gasteiger charge is 2.31. The fourth-order valence-electron chi connectivity index (χ4n) is 4.13. The number of ether oxygens (including phenoxy) is 2. The average Bonchev–Trinajstić information content (AvgIpc) is 3.50. The Labute approximate surface area is 199 Å². The second kappa shape index (κ2) is 10.5. The van der Waals surface area contributed by atoms with Crippen LogP contribution in [0.1, 0.15) is 36.5 Å². The molecule has 4 rings (SSSR count). The molecule has 34 heavy (non-hydrogen) atoms. The Morgan fingerprint density at radius 3 is 2.65 bits per heavy atom. The summed E-state index contributed by atoms with van der Waals surface area (Å²) < 4.78 is 40.5. The normalized spacial score (nSPS) is 14.5. The second-order valence-corrected chi connectivity index (χ2v) is 9.96. The van der Waals surface area contributed by atoms with Crippen LogP contribution in [0.4, 0.5) is 5.95 Å². The Morgan fingerprint density at radius 1 is 1.15 bits per heavy atom. The van der Waals surface area contributed by atoms with Crippen LogP contribution in [0.15, 0.2) is 47.4 Å². The van der Waals surface area contributed by atoms with Crippen molar-refractivity contribution >= 4 is 32.9 Å². The average molecular weight is 487 g/mol. The molecule has 0 atom stereocenters. The van der Waals surface area contributed by atoms with Crippen LogP contribution in [0, 0.1) is 0 Å². The van der Waals surface area contributed by atoms with E-state index in [-0.39, 0.29) is 16.2 Å². The van der Waals surface area contributed by atoms with Gasteiger partial charge in [-0.25, -0.2) is 13.4 Å². The number of carbonyl (C=O) groups is 1. The number of hydrogen-bond donors (Lipinski definition) is 1. The van der Waals surface area contributed by atoms with Gasteiger partial charge in [0.1, 0.15) is 10.6 Å². The van der Waals surface area contributed by atoms with E-state index in [4.69, 9.17) is 9.47 Å². The highest BCUT2D eigenvalue weighted by molar-refractivity contribution is 7.89. The molecule has 2 heterocycles. The minimum atomic E-state index is -3.76. The Hall–Kier alpha value is -2.95. The third-order valence-electron chi connectivity index (χ3n) is 5.86. The predicted molar refractivity (Wildman–Crippen MR) is 130 cm³/mol. The quantitative estimate of drug-likeness (QED) is 0.440. The van der Waals surface area contributed by atoms with Crippen LogP contribution in [0.25, 0.3) is 11.0 Å². The van der Waals surface area contributed by atoms with E-state index < -0.39 is 15.9 Å². The summed E-state index contributed by atoms with van der Waals surface area (Å²) in [5.74, 6) is 0.177. The molecule has 1 aromatic heterocycles. The Balaban J connectivity index is 1.63. The number of imidazole rings is 1. The summed E-state index contributed by atoms with van der Waals surface area (Å²) in [6.45, 7) is 4.75. The summed E-state index contributed by atoms with van der Waals surface area (Å²) in [6, 6.07) is 12.1. The molecule has 0 saturated carbocycles. The van der Waals surface area contributed by atoms with Crippen molar-refractivity contribution in [3.63, 3.8) is 0 Å². The molecule has 1 aliphatic heterocycles. The van der Waals surface area contributed by atoms with Crippen molar-refractivity contribution in [2.45, 2.75) is 37.6 Å². The zero-order chi connectivity index (χ0) is 24.1. The van der Waals surface area contributed by atoms with Gasteiger partial charge in [-0.1, -0.05) is 12.1 Å². The maximum Gasteiger partial charge on any atom is 0.258 e. The molecule has 182 valence electrons. The van der Waals surface area contributed by atoms with E-state index in [9.17, 15) is 13.2 Å². The molecule has 0 unspecified atom stereocenters. The van der Waals surface area contributed by atoms with Gasteiger partial charge in [0, 0.05) is 38.4 Å². The minimum absolute atomic E-state index is 0.00485. The molecule has 3 aromatic rings. The van der Waals surface area contributed by atoms with Crippen LogP contribution in [0.2, 0.25) is 0 Å². The van der Waals surface area contributed by atoms with Crippen LogP contribution < -0.4 is 10.1 Å². The van der Waals surface area contributed by atoms with Gasteiger partial charge in [0.2, 0.25) is 16.0 Å². The van der Waals surface area contributed by atoms with Gasteiger partial charge in [0.15, 0.2) is 0 Å². The van der Waals surface area contributed by atoms with Crippen LogP contribution in [-0.2, 0) is 21.3 Å². The zero-order valence-corrected chi connectivity index (χ0v) is 20.3. The molecule has 1 aliphatic rings. The van der Waals surface area contributed by atoms with Crippen molar-refractivity contribution in [3.8, 4) is 5.75 Å². The van der Waals surface area contributed by atoms with Crippen molar-refractivity contribution in [3.05, 3.63) is 48.0 Å². The maximum absolute atomic E-state index is 13.2. The van der Waals surface area contributed by atoms with Gasteiger partial charge in [-0.15, -0.1) is 0 Å². The zero-order valence-electron chi connectivity index (χ0n) is 19.5.